The first-order valence-electron chi connectivity index (χ1n) is 5.19. The molecule has 0 bridgehead atoms. The van der Waals surface area contributed by atoms with Crippen molar-refractivity contribution in [2.24, 2.45) is 0 Å². The molecule has 2 rings (SSSR count). The summed E-state index contributed by atoms with van der Waals surface area (Å²) in [7, 11) is 0. The van der Waals surface area contributed by atoms with Crippen LogP contribution in [0.2, 0.25) is 0 Å². The molecule has 1 aliphatic carbocycles. The lowest BCUT2D eigenvalue weighted by molar-refractivity contribution is 0.790. The van der Waals surface area contributed by atoms with Crippen molar-refractivity contribution in [1.82, 2.24) is 9.97 Å². The highest BCUT2D eigenvalue weighted by Gasteiger charge is 2.29. The number of nitrogen functional groups attached to an aromatic ring is 1. The SMILES string of the molecule is CCN(c1cc(N)nc(SC)n1)C1CC1. The normalized spacial score (nSPS) is 15.3. The third kappa shape index (κ3) is 2.34. The van der Waals surface area contributed by atoms with Gasteiger partial charge in [0.15, 0.2) is 5.16 Å². The summed E-state index contributed by atoms with van der Waals surface area (Å²) in [6.45, 7) is 3.13. The van der Waals surface area contributed by atoms with Crippen molar-refractivity contribution in [3.63, 3.8) is 0 Å². The Balaban J connectivity index is 2.28. The Kier molecular flexibility index (Phi) is 3.00. The Bertz CT molecular complexity index is 351. The highest BCUT2D eigenvalue weighted by molar-refractivity contribution is 7.98. The van der Waals surface area contributed by atoms with E-state index >= 15 is 0 Å². The maximum absolute atomic E-state index is 5.76. The Labute approximate surface area is 94.3 Å². The first kappa shape index (κ1) is 10.5. The second-order valence-electron chi connectivity index (χ2n) is 3.65. The molecule has 1 saturated carbocycles. The van der Waals surface area contributed by atoms with E-state index in [9.17, 15) is 0 Å². The van der Waals surface area contributed by atoms with Crippen molar-refractivity contribution in [3.8, 4) is 0 Å². The summed E-state index contributed by atoms with van der Waals surface area (Å²) in [6, 6.07) is 2.53. The number of hydrogen-bond acceptors (Lipinski definition) is 5. The van der Waals surface area contributed by atoms with Crippen LogP contribution in [0.15, 0.2) is 11.2 Å². The van der Waals surface area contributed by atoms with E-state index in [2.05, 4.69) is 21.8 Å². The molecule has 4 nitrogen and oxygen atoms in total. The minimum Gasteiger partial charge on any atom is -0.383 e. The molecule has 1 aliphatic rings. The van der Waals surface area contributed by atoms with Crippen molar-refractivity contribution < 1.29 is 0 Å². The predicted octanol–water partition coefficient (Wildman–Crippen LogP) is 1.77. The monoisotopic (exact) mass is 224 g/mol. The van der Waals surface area contributed by atoms with Crippen LogP contribution in [0.3, 0.4) is 0 Å². The van der Waals surface area contributed by atoms with Gasteiger partial charge in [0.05, 0.1) is 0 Å². The minimum atomic E-state index is 0.559. The number of thioether (sulfide) groups is 1. The summed E-state index contributed by atoms with van der Waals surface area (Å²) < 4.78 is 0. The Morgan fingerprint density at radius 1 is 1.53 bits per heavy atom. The predicted molar refractivity (Wildman–Crippen MR) is 64.3 cm³/mol. The zero-order valence-corrected chi connectivity index (χ0v) is 9.92. The van der Waals surface area contributed by atoms with Crippen molar-refractivity contribution in [3.05, 3.63) is 6.07 Å². The minimum absolute atomic E-state index is 0.559. The third-order valence-electron chi connectivity index (χ3n) is 2.52. The van der Waals surface area contributed by atoms with Crippen LogP contribution in [-0.4, -0.2) is 28.8 Å². The molecule has 0 radical (unpaired) electrons. The molecular weight excluding hydrogens is 208 g/mol. The van der Waals surface area contributed by atoms with Crippen LogP contribution in [-0.2, 0) is 0 Å². The number of nitrogens with zero attached hydrogens (tertiary/aromatic N) is 3. The van der Waals surface area contributed by atoms with E-state index in [1.165, 1.54) is 24.6 Å². The number of rotatable bonds is 4. The molecule has 1 fully saturated rings. The fraction of sp³-hybridized carbons (Fsp3) is 0.600. The molecule has 0 aromatic carbocycles. The standard InChI is InChI=1S/C10H16N4S/c1-3-14(7-4-5-7)9-6-8(11)12-10(13-9)15-2/h6-7H,3-5H2,1-2H3,(H2,11,12,13). The zero-order valence-electron chi connectivity index (χ0n) is 9.10. The number of nitrogens with two attached hydrogens (primary N) is 1. The van der Waals surface area contributed by atoms with Gasteiger partial charge in [0.1, 0.15) is 11.6 Å². The highest BCUT2D eigenvalue weighted by atomic mass is 32.2. The van der Waals surface area contributed by atoms with Crippen LogP contribution in [0, 0.1) is 0 Å². The quantitative estimate of drug-likeness (QED) is 0.624. The van der Waals surface area contributed by atoms with E-state index in [4.69, 9.17) is 5.73 Å². The molecule has 5 heteroatoms. The van der Waals surface area contributed by atoms with Gasteiger partial charge < -0.3 is 10.6 Å². The van der Waals surface area contributed by atoms with E-state index in [0.717, 1.165) is 17.5 Å². The fourth-order valence-electron chi connectivity index (χ4n) is 1.66. The van der Waals surface area contributed by atoms with Gasteiger partial charge in [0, 0.05) is 18.7 Å². The maximum atomic E-state index is 5.76. The summed E-state index contributed by atoms with van der Waals surface area (Å²) >= 11 is 1.53. The van der Waals surface area contributed by atoms with E-state index in [1.807, 2.05) is 12.3 Å². The average Bonchev–Trinajstić information content (AvgIpc) is 3.02. The molecule has 15 heavy (non-hydrogen) atoms. The lowest BCUT2D eigenvalue weighted by Gasteiger charge is -2.21. The Morgan fingerprint density at radius 3 is 2.80 bits per heavy atom. The van der Waals surface area contributed by atoms with Crippen LogP contribution in [0.5, 0.6) is 0 Å². The molecule has 82 valence electrons. The van der Waals surface area contributed by atoms with Crippen LogP contribution in [0.4, 0.5) is 11.6 Å². The summed E-state index contributed by atoms with van der Waals surface area (Å²) in [5.74, 6) is 1.53. The molecule has 0 atom stereocenters. The first-order valence-corrected chi connectivity index (χ1v) is 6.42. The van der Waals surface area contributed by atoms with Crippen LogP contribution >= 0.6 is 11.8 Å². The van der Waals surface area contributed by atoms with Gasteiger partial charge in [-0.25, -0.2) is 9.97 Å². The van der Waals surface area contributed by atoms with E-state index in [1.54, 1.807) is 0 Å². The third-order valence-corrected chi connectivity index (χ3v) is 3.06. The highest BCUT2D eigenvalue weighted by Crippen LogP contribution is 2.31. The summed E-state index contributed by atoms with van der Waals surface area (Å²) in [4.78, 5) is 10.9. The molecular formula is C10H16N4S. The molecule has 1 heterocycles. The van der Waals surface area contributed by atoms with Gasteiger partial charge in [-0.3, -0.25) is 0 Å². The number of hydrogen-bond donors (Lipinski definition) is 1. The molecule has 1 aromatic rings. The summed E-state index contributed by atoms with van der Waals surface area (Å²) in [6.07, 6.45) is 4.50. The van der Waals surface area contributed by atoms with Crippen molar-refractivity contribution in [1.29, 1.82) is 0 Å². The van der Waals surface area contributed by atoms with Gasteiger partial charge in [-0.2, -0.15) is 0 Å². The summed E-state index contributed by atoms with van der Waals surface area (Å²) in [5.41, 5.74) is 5.76. The van der Waals surface area contributed by atoms with Gasteiger partial charge in [0.2, 0.25) is 0 Å². The molecule has 0 saturated heterocycles. The van der Waals surface area contributed by atoms with E-state index in [0.29, 0.717) is 11.9 Å². The van der Waals surface area contributed by atoms with Crippen LogP contribution in [0.25, 0.3) is 0 Å². The Morgan fingerprint density at radius 2 is 2.27 bits per heavy atom. The van der Waals surface area contributed by atoms with Gasteiger partial charge in [-0.15, -0.1) is 0 Å². The van der Waals surface area contributed by atoms with Crippen molar-refractivity contribution >= 4 is 23.4 Å². The second kappa shape index (κ2) is 4.26. The molecule has 1 aromatic heterocycles. The number of anilines is 2. The molecule has 2 N–H and O–H groups in total. The fourth-order valence-corrected chi connectivity index (χ4v) is 2.04. The second-order valence-corrected chi connectivity index (χ2v) is 4.43. The number of aromatic nitrogens is 2. The van der Waals surface area contributed by atoms with Crippen LogP contribution < -0.4 is 10.6 Å². The van der Waals surface area contributed by atoms with Gasteiger partial charge in [0.25, 0.3) is 0 Å². The van der Waals surface area contributed by atoms with E-state index < -0.39 is 0 Å². The van der Waals surface area contributed by atoms with Crippen molar-refractivity contribution in [2.75, 3.05) is 23.4 Å². The topological polar surface area (TPSA) is 55.0 Å². The molecule has 0 amide bonds. The Hall–Kier alpha value is -0.970. The first-order chi connectivity index (χ1) is 7.24. The lowest BCUT2D eigenvalue weighted by atomic mass is 10.4. The molecule has 0 unspecified atom stereocenters. The van der Waals surface area contributed by atoms with Crippen LogP contribution in [0.1, 0.15) is 19.8 Å². The summed E-state index contributed by atoms with van der Waals surface area (Å²) in [5, 5.41) is 0.754. The maximum Gasteiger partial charge on any atom is 0.191 e. The lowest BCUT2D eigenvalue weighted by Crippen LogP contribution is -2.26. The van der Waals surface area contributed by atoms with Gasteiger partial charge >= 0.3 is 0 Å². The van der Waals surface area contributed by atoms with Crippen molar-refractivity contribution in [2.45, 2.75) is 31.0 Å². The largest absolute Gasteiger partial charge is 0.383 e. The smallest absolute Gasteiger partial charge is 0.191 e. The molecule has 0 spiro atoms. The zero-order chi connectivity index (χ0) is 10.8. The van der Waals surface area contributed by atoms with Gasteiger partial charge in [-0.1, -0.05) is 11.8 Å². The van der Waals surface area contributed by atoms with Gasteiger partial charge in [-0.05, 0) is 26.0 Å². The van der Waals surface area contributed by atoms with E-state index in [-0.39, 0.29) is 0 Å². The molecule has 0 aliphatic heterocycles. The average molecular weight is 224 g/mol.